The summed E-state index contributed by atoms with van der Waals surface area (Å²) in [5.41, 5.74) is 7.67. The minimum Gasteiger partial charge on any atom is -0.470 e. The average Bonchev–Trinajstić information content (AvgIpc) is 3.50. The maximum Gasteiger partial charge on any atom is 0.254 e. The smallest absolute Gasteiger partial charge is 0.254 e. The predicted molar refractivity (Wildman–Crippen MR) is 122 cm³/mol. The van der Waals surface area contributed by atoms with Gasteiger partial charge in [0.05, 0.1) is 23.2 Å². The van der Waals surface area contributed by atoms with Crippen LogP contribution in [0, 0.1) is 23.2 Å². The molecule has 174 valence electrons. The van der Waals surface area contributed by atoms with Crippen LogP contribution in [-0.4, -0.2) is 27.8 Å². The number of hydrogen-bond donors (Lipinski definition) is 3. The Morgan fingerprint density at radius 2 is 1.88 bits per heavy atom. The van der Waals surface area contributed by atoms with Gasteiger partial charge in [-0.05, 0) is 68.8 Å². The molecule has 7 rings (SSSR count). The number of anilines is 2. The largest absolute Gasteiger partial charge is 0.470 e. The number of aromatic nitrogens is 2. The summed E-state index contributed by atoms with van der Waals surface area (Å²) in [6.45, 7) is 0. The quantitative estimate of drug-likeness (QED) is 0.615. The minimum atomic E-state index is -0.351. The van der Waals surface area contributed by atoms with Crippen molar-refractivity contribution in [1.29, 1.82) is 0 Å². The summed E-state index contributed by atoms with van der Waals surface area (Å²) < 4.78 is 5.12. The molecule has 2 atom stereocenters. The number of amides is 2. The Bertz CT molecular complexity index is 1050. The van der Waals surface area contributed by atoms with Crippen molar-refractivity contribution in [2.75, 3.05) is 5.32 Å². The van der Waals surface area contributed by atoms with Gasteiger partial charge in [0.15, 0.2) is 0 Å². The molecule has 2 unspecified atom stereocenters. The van der Waals surface area contributed by atoms with E-state index in [-0.39, 0.29) is 29.2 Å². The van der Waals surface area contributed by atoms with E-state index in [0.717, 1.165) is 69.2 Å². The van der Waals surface area contributed by atoms with Gasteiger partial charge in [-0.1, -0.05) is 12.8 Å². The van der Waals surface area contributed by atoms with Gasteiger partial charge in [-0.3, -0.25) is 9.59 Å². The first-order valence-electron chi connectivity index (χ1n) is 12.3. The summed E-state index contributed by atoms with van der Waals surface area (Å²) in [5, 5.41) is 6.52. The summed E-state index contributed by atoms with van der Waals surface area (Å²) in [4.78, 5) is 35.0. The van der Waals surface area contributed by atoms with Crippen molar-refractivity contribution in [3.63, 3.8) is 0 Å². The number of primary amides is 1. The van der Waals surface area contributed by atoms with E-state index in [1.54, 1.807) is 18.7 Å². The Morgan fingerprint density at radius 3 is 2.55 bits per heavy atom. The molecule has 0 saturated heterocycles. The van der Waals surface area contributed by atoms with Gasteiger partial charge in [0.25, 0.3) is 5.91 Å². The molecule has 5 fully saturated rings. The monoisotopic (exact) mass is 449 g/mol. The molecule has 0 aromatic carbocycles. The molecule has 0 spiro atoms. The molecule has 2 heterocycles. The Labute approximate surface area is 193 Å². The third-order valence-electron chi connectivity index (χ3n) is 8.68. The van der Waals surface area contributed by atoms with Crippen molar-refractivity contribution in [3.05, 3.63) is 36.0 Å². The lowest BCUT2D eigenvalue weighted by atomic mass is 9.47. The Balaban J connectivity index is 1.25. The lowest BCUT2D eigenvalue weighted by molar-refractivity contribution is -0.145. The normalized spacial score (nSPS) is 32.7. The van der Waals surface area contributed by atoms with Gasteiger partial charge in [-0.15, -0.1) is 0 Å². The number of carbonyl (C=O) groups excluding carboxylic acids is 2. The third kappa shape index (κ3) is 3.60. The molecular formula is C25H31N5O3. The molecule has 8 nitrogen and oxygen atoms in total. The number of hydrogen-bond acceptors (Lipinski definition) is 6. The molecule has 4 N–H and O–H groups in total. The van der Waals surface area contributed by atoms with Crippen molar-refractivity contribution in [1.82, 2.24) is 15.3 Å². The third-order valence-corrected chi connectivity index (χ3v) is 8.68. The van der Waals surface area contributed by atoms with E-state index in [2.05, 4.69) is 15.6 Å². The van der Waals surface area contributed by atoms with Crippen molar-refractivity contribution in [2.45, 2.75) is 69.7 Å². The molecule has 2 amide bonds. The molecule has 0 radical (unpaired) electrons. The van der Waals surface area contributed by atoms with Gasteiger partial charge < -0.3 is 20.8 Å². The Hall–Kier alpha value is -2.90. The molecule has 5 saturated carbocycles. The Morgan fingerprint density at radius 1 is 1.12 bits per heavy atom. The lowest BCUT2D eigenvalue weighted by Crippen LogP contribution is -2.62. The van der Waals surface area contributed by atoms with Crippen LogP contribution in [-0.2, 0) is 4.79 Å². The van der Waals surface area contributed by atoms with Crippen LogP contribution in [0.1, 0.15) is 79.8 Å². The van der Waals surface area contributed by atoms with Crippen molar-refractivity contribution >= 4 is 23.5 Å². The number of nitrogens with two attached hydrogens (primary N) is 1. The fourth-order valence-corrected chi connectivity index (χ4v) is 7.40. The number of carbonyl (C=O) groups is 2. The van der Waals surface area contributed by atoms with Crippen molar-refractivity contribution in [3.8, 4) is 0 Å². The lowest BCUT2D eigenvalue weighted by Gasteiger charge is -2.58. The highest BCUT2D eigenvalue weighted by Crippen LogP contribution is 2.60. The topological polar surface area (TPSA) is 123 Å². The first-order chi connectivity index (χ1) is 16.0. The van der Waals surface area contributed by atoms with Gasteiger partial charge in [-0.2, -0.15) is 0 Å². The molecule has 2 aromatic rings. The summed E-state index contributed by atoms with van der Waals surface area (Å²) in [7, 11) is 0. The molecule has 4 bridgehead atoms. The second-order valence-electron chi connectivity index (χ2n) is 10.7. The first-order valence-corrected chi connectivity index (χ1v) is 12.3. The highest BCUT2D eigenvalue weighted by atomic mass is 16.3. The van der Waals surface area contributed by atoms with E-state index in [1.165, 1.54) is 0 Å². The maximum absolute atomic E-state index is 13.5. The van der Waals surface area contributed by atoms with E-state index in [4.69, 9.17) is 15.1 Å². The van der Waals surface area contributed by atoms with Crippen LogP contribution in [0.4, 0.5) is 11.6 Å². The van der Waals surface area contributed by atoms with Gasteiger partial charge in [0.2, 0.25) is 11.9 Å². The number of nitrogens with one attached hydrogen (secondary N) is 2. The number of nitrogens with zero attached hydrogens (tertiary/aromatic N) is 2. The molecular weight excluding hydrogens is 418 g/mol. The SMILES string of the molecule is NC(=O)C12CC3CC(C1)C(NC(=O)c1cnc(Nc4ccoc4)nc1C1CCCC1)C(C3)C2. The second kappa shape index (κ2) is 7.85. The van der Waals surface area contributed by atoms with E-state index in [1.807, 2.05) is 6.07 Å². The van der Waals surface area contributed by atoms with Crippen LogP contribution in [0.5, 0.6) is 0 Å². The van der Waals surface area contributed by atoms with Crippen LogP contribution in [0.15, 0.2) is 29.2 Å². The number of rotatable bonds is 6. The first kappa shape index (κ1) is 20.7. The van der Waals surface area contributed by atoms with Crippen LogP contribution in [0.3, 0.4) is 0 Å². The fraction of sp³-hybridized carbons (Fsp3) is 0.600. The summed E-state index contributed by atoms with van der Waals surface area (Å²) in [6.07, 6.45) is 14.0. The van der Waals surface area contributed by atoms with Gasteiger partial charge >= 0.3 is 0 Å². The second-order valence-corrected chi connectivity index (χ2v) is 10.7. The van der Waals surface area contributed by atoms with Gasteiger partial charge in [-0.25, -0.2) is 9.97 Å². The van der Waals surface area contributed by atoms with E-state index in [9.17, 15) is 9.59 Å². The van der Waals surface area contributed by atoms with Crippen molar-refractivity contribution < 1.29 is 14.0 Å². The van der Waals surface area contributed by atoms with Gasteiger partial charge in [0, 0.05) is 23.6 Å². The summed E-state index contributed by atoms with van der Waals surface area (Å²) in [6, 6.07) is 1.91. The van der Waals surface area contributed by atoms with Crippen LogP contribution in [0.25, 0.3) is 0 Å². The highest BCUT2D eigenvalue weighted by molar-refractivity contribution is 5.95. The van der Waals surface area contributed by atoms with Crippen LogP contribution >= 0.6 is 0 Å². The maximum atomic E-state index is 13.5. The minimum absolute atomic E-state index is 0.0858. The molecule has 2 aromatic heterocycles. The summed E-state index contributed by atoms with van der Waals surface area (Å²) in [5.74, 6) is 1.73. The van der Waals surface area contributed by atoms with Crippen LogP contribution in [0.2, 0.25) is 0 Å². The predicted octanol–water partition coefficient (Wildman–Crippen LogP) is 3.88. The molecule has 5 aliphatic rings. The Kier molecular flexibility index (Phi) is 4.92. The van der Waals surface area contributed by atoms with E-state index < -0.39 is 0 Å². The average molecular weight is 450 g/mol. The fourth-order valence-electron chi connectivity index (χ4n) is 7.40. The zero-order chi connectivity index (χ0) is 22.6. The van der Waals surface area contributed by atoms with E-state index >= 15 is 0 Å². The zero-order valence-electron chi connectivity index (χ0n) is 18.8. The molecule has 5 aliphatic carbocycles. The van der Waals surface area contributed by atoms with Crippen molar-refractivity contribution in [2.24, 2.45) is 28.9 Å². The molecule has 8 heteroatoms. The molecule has 0 aliphatic heterocycles. The van der Waals surface area contributed by atoms with E-state index in [0.29, 0.717) is 29.3 Å². The highest BCUT2D eigenvalue weighted by Gasteiger charge is 2.58. The van der Waals surface area contributed by atoms with Crippen LogP contribution < -0.4 is 16.4 Å². The number of furan rings is 1. The summed E-state index contributed by atoms with van der Waals surface area (Å²) >= 11 is 0. The van der Waals surface area contributed by atoms with Gasteiger partial charge in [0.1, 0.15) is 6.26 Å². The molecule has 33 heavy (non-hydrogen) atoms. The standard InChI is InChI=1S/C25H31N5O3/c26-23(32)25-9-14-7-16(10-25)20(17(8-14)11-25)29-22(31)19-12-27-24(28-18-5-6-33-13-18)30-21(19)15-3-1-2-4-15/h5-6,12-17,20H,1-4,7-11H2,(H2,26,32)(H,29,31)(H,27,28,30). The zero-order valence-corrected chi connectivity index (χ0v) is 18.8.